The topological polar surface area (TPSA) is 61.8 Å². The van der Waals surface area contributed by atoms with E-state index in [1.165, 1.54) is 42.5 Å². The first-order valence-corrected chi connectivity index (χ1v) is 9.80. The molecule has 0 aliphatic carbocycles. The van der Waals surface area contributed by atoms with Gasteiger partial charge in [0, 0.05) is 16.1 Å². The van der Waals surface area contributed by atoms with E-state index < -0.39 is 18.4 Å². The first-order valence-electron chi connectivity index (χ1n) is 9.00. The number of ketones is 1. The van der Waals surface area contributed by atoms with Crippen molar-refractivity contribution < 1.29 is 32.6 Å². The second kappa shape index (κ2) is 8.69. The summed E-state index contributed by atoms with van der Waals surface area (Å²) in [5, 5.41) is 0. The number of para-hydroxylation sites is 1. The van der Waals surface area contributed by atoms with Crippen LogP contribution in [0.1, 0.15) is 26.3 Å². The number of esters is 1. The van der Waals surface area contributed by atoms with Gasteiger partial charge in [0.1, 0.15) is 17.2 Å². The van der Waals surface area contributed by atoms with E-state index in [1.54, 1.807) is 30.3 Å². The number of rotatable bonds is 5. The minimum atomic E-state index is -3.00. The quantitative estimate of drug-likeness (QED) is 0.255. The molecule has 1 heterocycles. The van der Waals surface area contributed by atoms with E-state index in [-0.39, 0.29) is 34.1 Å². The Morgan fingerprint density at radius 3 is 2.52 bits per heavy atom. The van der Waals surface area contributed by atoms with Gasteiger partial charge in [-0.15, -0.1) is 0 Å². The number of fused-ring (bicyclic) bond motifs is 1. The van der Waals surface area contributed by atoms with Crippen molar-refractivity contribution in [2.75, 3.05) is 0 Å². The van der Waals surface area contributed by atoms with Crippen LogP contribution < -0.4 is 14.2 Å². The Kier molecular flexibility index (Phi) is 5.81. The maximum atomic E-state index is 12.6. The molecule has 0 atom stereocenters. The van der Waals surface area contributed by atoms with Crippen molar-refractivity contribution in [3.63, 3.8) is 0 Å². The number of alkyl halides is 2. The maximum Gasteiger partial charge on any atom is 0.387 e. The summed E-state index contributed by atoms with van der Waals surface area (Å²) in [4.78, 5) is 24.9. The lowest BCUT2D eigenvalue weighted by Crippen LogP contribution is -2.08. The van der Waals surface area contributed by atoms with Crippen LogP contribution in [0.25, 0.3) is 6.08 Å². The second-order valence-corrected chi connectivity index (χ2v) is 7.33. The van der Waals surface area contributed by atoms with Crippen LogP contribution in [0.5, 0.6) is 17.2 Å². The van der Waals surface area contributed by atoms with Gasteiger partial charge in [0.25, 0.3) is 0 Å². The molecular formula is C23H13BrF2O5. The number of allylic oxidation sites excluding steroid dienone is 1. The lowest BCUT2D eigenvalue weighted by Gasteiger charge is -2.08. The maximum absolute atomic E-state index is 12.6. The summed E-state index contributed by atoms with van der Waals surface area (Å²) in [5.41, 5.74) is 0.889. The van der Waals surface area contributed by atoms with Gasteiger partial charge in [0.15, 0.2) is 5.76 Å². The fourth-order valence-corrected chi connectivity index (χ4v) is 3.19. The Hall–Kier alpha value is -3.52. The fourth-order valence-electron chi connectivity index (χ4n) is 2.93. The number of hydrogen-bond acceptors (Lipinski definition) is 5. The van der Waals surface area contributed by atoms with Crippen molar-refractivity contribution in [2.24, 2.45) is 0 Å². The molecule has 0 bridgehead atoms. The average molecular weight is 487 g/mol. The molecule has 0 saturated heterocycles. The number of benzene rings is 3. The van der Waals surface area contributed by atoms with Crippen molar-refractivity contribution in [3.8, 4) is 17.2 Å². The highest BCUT2D eigenvalue weighted by Gasteiger charge is 2.28. The molecule has 31 heavy (non-hydrogen) atoms. The van der Waals surface area contributed by atoms with Crippen LogP contribution in [-0.4, -0.2) is 18.4 Å². The molecule has 0 N–H and O–H groups in total. The third kappa shape index (κ3) is 4.64. The highest BCUT2D eigenvalue weighted by Crippen LogP contribution is 2.36. The van der Waals surface area contributed by atoms with Gasteiger partial charge in [-0.2, -0.15) is 8.78 Å². The Bertz CT molecular complexity index is 1190. The van der Waals surface area contributed by atoms with Gasteiger partial charge in [-0.05, 0) is 48.5 Å². The van der Waals surface area contributed by atoms with E-state index in [4.69, 9.17) is 9.47 Å². The number of ether oxygens (including phenoxy) is 3. The first-order chi connectivity index (χ1) is 14.9. The molecular weight excluding hydrogens is 474 g/mol. The Morgan fingerprint density at radius 1 is 1.03 bits per heavy atom. The summed E-state index contributed by atoms with van der Waals surface area (Å²) in [7, 11) is 0. The van der Waals surface area contributed by atoms with E-state index in [9.17, 15) is 18.4 Å². The number of halogens is 3. The van der Waals surface area contributed by atoms with Crippen molar-refractivity contribution in [2.45, 2.75) is 6.61 Å². The van der Waals surface area contributed by atoms with Crippen molar-refractivity contribution in [1.82, 2.24) is 0 Å². The smallest absolute Gasteiger partial charge is 0.387 e. The van der Waals surface area contributed by atoms with E-state index in [1.807, 2.05) is 0 Å². The van der Waals surface area contributed by atoms with Crippen LogP contribution in [0.15, 0.2) is 77.0 Å². The number of Topliss-reactive ketones (excluding diaryl/α,β-unsaturated/α-hetero) is 1. The molecule has 1 aliphatic heterocycles. The SMILES string of the molecule is O=C(Oc1ccc2c(c1)O/C(=C\c1ccccc1OC(F)F)C2=O)c1ccc(Br)cc1. The molecule has 0 unspecified atom stereocenters. The number of carbonyl (C=O) groups excluding carboxylic acids is 2. The standard InChI is InChI=1S/C23H13BrF2O5/c24-15-7-5-13(6-8-15)22(28)29-16-9-10-17-19(12-16)30-20(21(17)27)11-14-3-1-2-4-18(14)31-23(25)26/h1-12,23H/b20-11-. The molecule has 5 nitrogen and oxygen atoms in total. The van der Waals surface area contributed by atoms with Crippen LogP contribution in [0, 0.1) is 0 Å². The molecule has 8 heteroatoms. The van der Waals surface area contributed by atoms with Crippen molar-refractivity contribution in [3.05, 3.63) is 93.7 Å². The van der Waals surface area contributed by atoms with E-state index >= 15 is 0 Å². The van der Waals surface area contributed by atoms with Gasteiger partial charge in [-0.25, -0.2) is 4.79 Å². The predicted molar refractivity (Wildman–Crippen MR) is 112 cm³/mol. The van der Waals surface area contributed by atoms with Crippen LogP contribution in [0.4, 0.5) is 8.78 Å². The molecule has 0 saturated carbocycles. The molecule has 4 rings (SSSR count). The summed E-state index contributed by atoms with van der Waals surface area (Å²) in [6.45, 7) is -3.00. The van der Waals surface area contributed by atoms with Gasteiger partial charge < -0.3 is 14.2 Å². The summed E-state index contributed by atoms with van der Waals surface area (Å²) in [6, 6.07) is 17.1. The van der Waals surface area contributed by atoms with Gasteiger partial charge in [0.2, 0.25) is 5.78 Å². The monoisotopic (exact) mass is 486 g/mol. The van der Waals surface area contributed by atoms with Crippen LogP contribution in [0.3, 0.4) is 0 Å². The molecule has 0 spiro atoms. The number of carbonyl (C=O) groups is 2. The molecule has 0 amide bonds. The third-order valence-electron chi connectivity index (χ3n) is 4.35. The fraction of sp³-hybridized carbons (Fsp3) is 0.0435. The summed E-state index contributed by atoms with van der Waals surface area (Å²) >= 11 is 3.30. The zero-order valence-electron chi connectivity index (χ0n) is 15.7. The molecule has 3 aromatic rings. The van der Waals surface area contributed by atoms with Crippen LogP contribution in [-0.2, 0) is 0 Å². The van der Waals surface area contributed by atoms with Gasteiger partial charge >= 0.3 is 12.6 Å². The van der Waals surface area contributed by atoms with Gasteiger partial charge in [-0.1, -0.05) is 34.1 Å². The Labute approximate surface area is 184 Å². The molecule has 1 aliphatic rings. The molecule has 0 fully saturated rings. The van der Waals surface area contributed by atoms with E-state index in [0.29, 0.717) is 5.56 Å². The van der Waals surface area contributed by atoms with Gasteiger partial charge in [0.05, 0.1) is 11.1 Å². The summed E-state index contributed by atoms with van der Waals surface area (Å²) in [6.07, 6.45) is 1.33. The first kappa shape index (κ1) is 20.7. The molecule has 3 aromatic carbocycles. The largest absolute Gasteiger partial charge is 0.452 e. The lowest BCUT2D eigenvalue weighted by atomic mass is 10.1. The van der Waals surface area contributed by atoms with Crippen LogP contribution >= 0.6 is 15.9 Å². The highest BCUT2D eigenvalue weighted by atomic mass is 79.9. The summed E-state index contributed by atoms with van der Waals surface area (Å²) in [5.74, 6) is -0.733. The zero-order valence-corrected chi connectivity index (χ0v) is 17.3. The van der Waals surface area contributed by atoms with Gasteiger partial charge in [-0.3, -0.25) is 4.79 Å². The minimum absolute atomic E-state index is 0.0586. The normalized spacial score (nSPS) is 13.8. The Balaban J connectivity index is 1.55. The average Bonchev–Trinajstić information content (AvgIpc) is 3.04. The van der Waals surface area contributed by atoms with Crippen LogP contribution in [0.2, 0.25) is 0 Å². The third-order valence-corrected chi connectivity index (χ3v) is 4.88. The minimum Gasteiger partial charge on any atom is -0.452 e. The second-order valence-electron chi connectivity index (χ2n) is 6.41. The summed E-state index contributed by atoms with van der Waals surface area (Å²) < 4.78 is 41.5. The van der Waals surface area contributed by atoms with Crippen molar-refractivity contribution >= 4 is 33.8 Å². The number of hydrogen-bond donors (Lipinski definition) is 0. The molecule has 0 radical (unpaired) electrons. The van der Waals surface area contributed by atoms with Crippen molar-refractivity contribution in [1.29, 1.82) is 0 Å². The van der Waals surface area contributed by atoms with E-state index in [2.05, 4.69) is 20.7 Å². The predicted octanol–water partition coefficient (Wildman–Crippen LogP) is 5.89. The Morgan fingerprint density at radius 2 is 1.77 bits per heavy atom. The zero-order chi connectivity index (χ0) is 22.0. The molecule has 0 aromatic heterocycles. The van der Waals surface area contributed by atoms with E-state index in [0.717, 1.165) is 4.47 Å². The lowest BCUT2D eigenvalue weighted by molar-refractivity contribution is -0.0500. The molecule has 156 valence electrons. The highest BCUT2D eigenvalue weighted by molar-refractivity contribution is 9.10.